The monoisotopic (exact) mass is 612 g/mol. The normalized spacial score (nSPS) is 18.9. The number of hydrogen-bond acceptors (Lipinski definition) is 9. The molecular formula is C22H18F6N4O6S2. The fraction of sp³-hybridized carbons (Fsp3) is 0.318. The predicted molar refractivity (Wildman–Crippen MR) is 126 cm³/mol. The minimum Gasteiger partial charge on any atom is -0.485 e. The number of para-hydroxylation sites is 1. The van der Waals surface area contributed by atoms with Crippen LogP contribution in [0, 0.1) is 0 Å². The summed E-state index contributed by atoms with van der Waals surface area (Å²) < 4.78 is 115. The van der Waals surface area contributed by atoms with Crippen molar-refractivity contribution in [1.82, 2.24) is 14.9 Å². The Hall–Kier alpha value is -3.48. The maximum Gasteiger partial charge on any atom is 0.573 e. The number of aliphatic hydroxyl groups is 1. The number of rotatable bonds is 6. The molecule has 2 aromatic carbocycles. The molecule has 2 atom stereocenters. The van der Waals surface area contributed by atoms with Crippen LogP contribution in [-0.4, -0.2) is 47.7 Å². The highest BCUT2D eigenvalue weighted by Crippen LogP contribution is 2.42. The number of hydrogen-bond donors (Lipinski definition) is 3. The number of halogens is 6. The molecule has 4 rings (SSSR count). The molecule has 1 aliphatic heterocycles. The predicted octanol–water partition coefficient (Wildman–Crippen LogP) is 4.26. The molecule has 0 saturated carbocycles. The SMILES string of the molecule is CC1(C)Oc2ccc(C(=O)Nc3nnc(C(F)(F)F)s3)cc2[C@@H](NS(=O)(=O)c2ccccc2OC(F)(F)F)[C@@H]1O. The van der Waals surface area contributed by atoms with Gasteiger partial charge in [0, 0.05) is 11.1 Å². The summed E-state index contributed by atoms with van der Waals surface area (Å²) in [5.41, 5.74) is -1.68. The van der Waals surface area contributed by atoms with Crippen LogP contribution in [0.2, 0.25) is 0 Å². The highest BCUT2D eigenvalue weighted by Gasteiger charge is 2.45. The van der Waals surface area contributed by atoms with E-state index in [0.29, 0.717) is 0 Å². The zero-order valence-electron chi connectivity index (χ0n) is 20.2. The van der Waals surface area contributed by atoms with Crippen molar-refractivity contribution in [2.45, 2.75) is 49.0 Å². The van der Waals surface area contributed by atoms with E-state index in [0.717, 1.165) is 30.3 Å². The number of aliphatic hydroxyl groups excluding tert-OH is 1. The second kappa shape index (κ2) is 10.2. The number of carbonyl (C=O) groups is 1. The van der Waals surface area contributed by atoms with Crippen molar-refractivity contribution in [3.8, 4) is 11.5 Å². The Morgan fingerprint density at radius 3 is 2.40 bits per heavy atom. The summed E-state index contributed by atoms with van der Waals surface area (Å²) in [4.78, 5) is 11.9. The zero-order valence-corrected chi connectivity index (χ0v) is 21.8. The van der Waals surface area contributed by atoms with Crippen LogP contribution in [0.4, 0.5) is 31.5 Å². The van der Waals surface area contributed by atoms with E-state index in [2.05, 4.69) is 25.0 Å². The van der Waals surface area contributed by atoms with Crippen LogP contribution in [0.1, 0.15) is 40.8 Å². The molecule has 3 N–H and O–H groups in total. The van der Waals surface area contributed by atoms with E-state index in [9.17, 15) is 44.7 Å². The van der Waals surface area contributed by atoms with E-state index in [4.69, 9.17) is 4.74 Å². The molecule has 18 heteroatoms. The van der Waals surface area contributed by atoms with Crippen molar-refractivity contribution in [2.75, 3.05) is 5.32 Å². The van der Waals surface area contributed by atoms with Gasteiger partial charge < -0.3 is 14.6 Å². The first kappa shape index (κ1) is 29.5. The molecule has 0 aliphatic carbocycles. The second-order valence-electron chi connectivity index (χ2n) is 8.86. The molecule has 40 heavy (non-hydrogen) atoms. The van der Waals surface area contributed by atoms with E-state index in [1.165, 1.54) is 26.0 Å². The molecule has 3 aromatic rings. The number of aromatic nitrogens is 2. The number of nitrogens with one attached hydrogen (secondary N) is 2. The third-order valence-electron chi connectivity index (χ3n) is 5.54. The number of sulfonamides is 1. The number of amides is 1. The first-order valence-electron chi connectivity index (χ1n) is 11.0. The molecule has 0 saturated heterocycles. The molecule has 1 amide bonds. The molecule has 0 fully saturated rings. The van der Waals surface area contributed by atoms with Gasteiger partial charge in [0.25, 0.3) is 5.91 Å². The molecule has 0 spiro atoms. The van der Waals surface area contributed by atoms with Crippen molar-refractivity contribution in [3.63, 3.8) is 0 Å². The van der Waals surface area contributed by atoms with Gasteiger partial charge in [-0.1, -0.05) is 23.5 Å². The number of carbonyl (C=O) groups excluding carboxylic acids is 1. The first-order valence-corrected chi connectivity index (χ1v) is 13.3. The minimum atomic E-state index is -5.20. The van der Waals surface area contributed by atoms with Gasteiger partial charge in [-0.3, -0.25) is 10.1 Å². The zero-order chi connectivity index (χ0) is 29.7. The molecular weight excluding hydrogens is 594 g/mol. The largest absolute Gasteiger partial charge is 0.573 e. The molecule has 0 bridgehead atoms. The lowest BCUT2D eigenvalue weighted by atomic mass is 9.86. The molecule has 0 radical (unpaired) electrons. The molecule has 10 nitrogen and oxygen atoms in total. The van der Waals surface area contributed by atoms with Crippen molar-refractivity contribution < 1.29 is 54.1 Å². The van der Waals surface area contributed by atoms with E-state index < -0.39 is 67.0 Å². The van der Waals surface area contributed by atoms with E-state index >= 15 is 0 Å². The Balaban J connectivity index is 1.68. The van der Waals surface area contributed by atoms with Crippen LogP contribution in [0.15, 0.2) is 47.4 Å². The molecule has 2 heterocycles. The number of nitrogens with zero attached hydrogens (tertiary/aromatic N) is 2. The third kappa shape index (κ3) is 6.29. The average Bonchev–Trinajstić information content (AvgIpc) is 3.30. The number of alkyl halides is 6. The van der Waals surface area contributed by atoms with Crippen molar-refractivity contribution in [1.29, 1.82) is 0 Å². The lowest BCUT2D eigenvalue weighted by molar-refractivity contribution is -0.275. The average molecular weight is 613 g/mol. The highest BCUT2D eigenvalue weighted by molar-refractivity contribution is 7.89. The van der Waals surface area contributed by atoms with Crippen LogP contribution >= 0.6 is 11.3 Å². The number of benzene rings is 2. The lowest BCUT2D eigenvalue weighted by Crippen LogP contribution is -2.53. The van der Waals surface area contributed by atoms with Gasteiger partial charge in [0.2, 0.25) is 20.2 Å². The fourth-order valence-electron chi connectivity index (χ4n) is 3.74. The van der Waals surface area contributed by atoms with Crippen LogP contribution in [0.3, 0.4) is 0 Å². The Bertz CT molecular complexity index is 1540. The fourth-order valence-corrected chi connectivity index (χ4v) is 5.69. The summed E-state index contributed by atoms with van der Waals surface area (Å²) >= 11 is 0.0755. The minimum absolute atomic E-state index is 0.0228. The Kier molecular flexibility index (Phi) is 7.50. The molecule has 1 aliphatic rings. The summed E-state index contributed by atoms with van der Waals surface area (Å²) in [6.45, 7) is 2.86. The summed E-state index contributed by atoms with van der Waals surface area (Å²) in [5.74, 6) is -1.95. The van der Waals surface area contributed by atoms with Crippen molar-refractivity contribution in [2.24, 2.45) is 0 Å². The summed E-state index contributed by atoms with van der Waals surface area (Å²) in [7, 11) is -4.80. The smallest absolute Gasteiger partial charge is 0.485 e. The number of fused-ring (bicyclic) bond motifs is 1. The van der Waals surface area contributed by atoms with Gasteiger partial charge >= 0.3 is 12.5 Å². The quantitative estimate of drug-likeness (QED) is 0.351. The summed E-state index contributed by atoms with van der Waals surface area (Å²) in [5, 5.41) is 17.6. The van der Waals surface area contributed by atoms with Crippen molar-refractivity contribution in [3.05, 3.63) is 58.6 Å². The maximum atomic E-state index is 13.2. The summed E-state index contributed by atoms with van der Waals surface area (Å²) in [6, 6.07) is 6.00. The van der Waals surface area contributed by atoms with Gasteiger partial charge in [0.05, 0.1) is 6.04 Å². The van der Waals surface area contributed by atoms with Crippen LogP contribution < -0.4 is 19.5 Å². The lowest BCUT2D eigenvalue weighted by Gasteiger charge is -2.42. The van der Waals surface area contributed by atoms with E-state index in [1.807, 2.05) is 0 Å². The standard InChI is InChI=1S/C22H18F6N4O6S2/c1-20(2)16(33)15(32-40(35,36)14-6-4-3-5-13(14)38-22(26,27)28)11-9-10(7-8-12(11)37-20)17(34)29-19-31-30-18(39-19)21(23,24)25/h3-9,15-16,32-33H,1-2H3,(H,29,31,34)/t15-,16+/m1/s1. The maximum absolute atomic E-state index is 13.2. The van der Waals surface area contributed by atoms with Gasteiger partial charge in [0.1, 0.15) is 28.1 Å². The Morgan fingerprint density at radius 1 is 1.10 bits per heavy atom. The first-order chi connectivity index (χ1) is 18.4. The van der Waals surface area contributed by atoms with Crippen LogP contribution in [0.5, 0.6) is 11.5 Å². The van der Waals surface area contributed by atoms with E-state index in [-0.39, 0.29) is 28.2 Å². The molecule has 1 aromatic heterocycles. The third-order valence-corrected chi connectivity index (χ3v) is 7.91. The van der Waals surface area contributed by atoms with Gasteiger partial charge in [-0.05, 0) is 44.2 Å². The van der Waals surface area contributed by atoms with Crippen molar-refractivity contribution >= 4 is 32.4 Å². The number of ether oxygens (including phenoxy) is 2. The second-order valence-corrected chi connectivity index (χ2v) is 11.5. The van der Waals surface area contributed by atoms with E-state index in [1.54, 1.807) is 0 Å². The van der Waals surface area contributed by atoms with Crippen LogP contribution in [-0.2, 0) is 16.2 Å². The molecule has 0 unspecified atom stereocenters. The Labute approximate surface area is 226 Å². The molecule has 216 valence electrons. The van der Waals surface area contributed by atoms with Gasteiger partial charge in [-0.2, -0.15) is 13.2 Å². The van der Waals surface area contributed by atoms with Gasteiger partial charge in [-0.15, -0.1) is 23.4 Å². The summed E-state index contributed by atoms with van der Waals surface area (Å²) in [6.07, 6.45) is -11.6. The number of anilines is 1. The topological polar surface area (TPSA) is 140 Å². The van der Waals surface area contributed by atoms with Gasteiger partial charge in [-0.25, -0.2) is 13.1 Å². The highest BCUT2D eigenvalue weighted by atomic mass is 32.2. The van der Waals surface area contributed by atoms with Crippen LogP contribution in [0.25, 0.3) is 0 Å². The Morgan fingerprint density at radius 2 is 1.77 bits per heavy atom. The van der Waals surface area contributed by atoms with Gasteiger partial charge in [0.15, 0.2) is 0 Å².